The quantitative estimate of drug-likeness (QED) is 0.832. The Morgan fingerprint density at radius 2 is 2.00 bits per heavy atom. The highest BCUT2D eigenvalue weighted by Gasteiger charge is 2.25. The van der Waals surface area contributed by atoms with Gasteiger partial charge in [-0.05, 0) is 5.56 Å². The van der Waals surface area contributed by atoms with Crippen LogP contribution in [0.4, 0.5) is 0 Å². The Morgan fingerprint density at radius 3 is 2.62 bits per heavy atom. The Morgan fingerprint density at radius 1 is 1.33 bits per heavy atom. The number of H-pyrrole nitrogens is 1. The zero-order valence-corrected chi connectivity index (χ0v) is 12.4. The number of sulfonamides is 1. The molecule has 1 aromatic heterocycles. The van der Waals surface area contributed by atoms with Gasteiger partial charge in [0.25, 0.3) is 10.0 Å². The minimum Gasteiger partial charge on any atom is -0.464 e. The van der Waals surface area contributed by atoms with Gasteiger partial charge in [0.05, 0.1) is 7.11 Å². The summed E-state index contributed by atoms with van der Waals surface area (Å²) in [5.41, 5.74) is 0.778. The number of nitrogens with one attached hydrogen (secondary N) is 1. The lowest BCUT2D eigenvalue weighted by Gasteiger charge is -2.15. The summed E-state index contributed by atoms with van der Waals surface area (Å²) in [4.78, 5) is 11.3. The van der Waals surface area contributed by atoms with Gasteiger partial charge in [0.15, 0.2) is 10.7 Å². The van der Waals surface area contributed by atoms with Gasteiger partial charge in [0, 0.05) is 19.7 Å². The second kappa shape index (κ2) is 6.06. The number of aromatic amines is 1. The zero-order chi connectivity index (χ0) is 15.5. The summed E-state index contributed by atoms with van der Waals surface area (Å²) in [6.07, 6.45) is 0. The number of hydrogen-bond acceptors (Lipinski definition) is 5. The molecule has 0 saturated carbocycles. The molecule has 0 atom stereocenters. The molecule has 1 aromatic carbocycles. The Balaban J connectivity index is 2.21. The zero-order valence-electron chi connectivity index (χ0n) is 11.6. The monoisotopic (exact) mass is 309 g/mol. The fourth-order valence-corrected chi connectivity index (χ4v) is 2.82. The maximum atomic E-state index is 12.4. The number of rotatable bonds is 5. The molecule has 0 aliphatic rings. The van der Waals surface area contributed by atoms with Crippen molar-refractivity contribution < 1.29 is 17.9 Å². The normalized spacial score (nSPS) is 11.6. The van der Waals surface area contributed by atoms with Crippen LogP contribution in [-0.2, 0) is 21.3 Å². The van der Waals surface area contributed by atoms with Crippen LogP contribution in [0.1, 0.15) is 16.1 Å². The van der Waals surface area contributed by atoms with E-state index in [0.29, 0.717) is 0 Å². The van der Waals surface area contributed by atoms with Crippen LogP contribution in [0.15, 0.2) is 41.4 Å². The van der Waals surface area contributed by atoms with Gasteiger partial charge in [0.1, 0.15) is 0 Å². The standard InChI is InChI=1S/C13H15N3O4S/c1-16(9-10-6-4-3-5-7-10)21(18,19)12-8-11(14-15-12)13(17)20-2/h3-8H,9H2,1-2H3,(H,14,15). The average molecular weight is 309 g/mol. The number of ether oxygens (including phenoxy) is 1. The number of methoxy groups -OCH3 is 1. The Hall–Kier alpha value is -2.19. The summed E-state index contributed by atoms with van der Waals surface area (Å²) in [6, 6.07) is 10.3. The number of hydrogen-bond donors (Lipinski definition) is 1. The smallest absolute Gasteiger partial charge is 0.358 e. The first-order valence-electron chi connectivity index (χ1n) is 6.09. The van der Waals surface area contributed by atoms with Gasteiger partial charge in [-0.2, -0.15) is 9.40 Å². The SMILES string of the molecule is COC(=O)c1cc(S(=O)(=O)N(C)Cc2ccccc2)[nH]n1. The molecule has 0 radical (unpaired) electrons. The van der Waals surface area contributed by atoms with Crippen LogP contribution in [0.3, 0.4) is 0 Å². The molecule has 112 valence electrons. The van der Waals surface area contributed by atoms with E-state index in [0.717, 1.165) is 11.6 Å². The van der Waals surface area contributed by atoms with E-state index >= 15 is 0 Å². The minimum atomic E-state index is -3.75. The van der Waals surface area contributed by atoms with Crippen molar-refractivity contribution in [2.45, 2.75) is 11.6 Å². The van der Waals surface area contributed by atoms with Crippen LogP contribution in [-0.4, -0.2) is 43.0 Å². The van der Waals surface area contributed by atoms with Gasteiger partial charge in [-0.25, -0.2) is 13.2 Å². The number of aromatic nitrogens is 2. The summed E-state index contributed by atoms with van der Waals surface area (Å²) < 4.78 is 30.4. The topological polar surface area (TPSA) is 92.4 Å². The van der Waals surface area contributed by atoms with Crippen molar-refractivity contribution >= 4 is 16.0 Å². The van der Waals surface area contributed by atoms with Crippen LogP contribution in [0.25, 0.3) is 0 Å². The summed E-state index contributed by atoms with van der Waals surface area (Å²) in [5, 5.41) is 5.83. The van der Waals surface area contributed by atoms with Crippen molar-refractivity contribution in [3.05, 3.63) is 47.7 Å². The summed E-state index contributed by atoms with van der Waals surface area (Å²) in [5.74, 6) is -0.696. The van der Waals surface area contributed by atoms with E-state index in [2.05, 4.69) is 14.9 Å². The third-order valence-corrected chi connectivity index (χ3v) is 4.60. The highest BCUT2D eigenvalue weighted by molar-refractivity contribution is 7.89. The van der Waals surface area contributed by atoms with E-state index < -0.39 is 16.0 Å². The molecule has 0 unspecified atom stereocenters. The van der Waals surface area contributed by atoms with Crippen molar-refractivity contribution in [1.29, 1.82) is 0 Å². The number of benzene rings is 1. The van der Waals surface area contributed by atoms with Gasteiger partial charge in [0.2, 0.25) is 0 Å². The van der Waals surface area contributed by atoms with Crippen molar-refractivity contribution in [3.63, 3.8) is 0 Å². The Kier molecular flexibility index (Phi) is 4.39. The molecule has 7 nitrogen and oxygen atoms in total. The van der Waals surface area contributed by atoms with Crippen LogP contribution >= 0.6 is 0 Å². The lowest BCUT2D eigenvalue weighted by atomic mass is 10.2. The highest BCUT2D eigenvalue weighted by Crippen LogP contribution is 2.15. The van der Waals surface area contributed by atoms with E-state index in [4.69, 9.17) is 0 Å². The molecule has 0 fully saturated rings. The van der Waals surface area contributed by atoms with E-state index in [1.165, 1.54) is 18.5 Å². The third kappa shape index (κ3) is 3.29. The molecule has 0 saturated heterocycles. The molecule has 21 heavy (non-hydrogen) atoms. The molecule has 0 aliphatic carbocycles. The van der Waals surface area contributed by atoms with E-state index in [1.54, 1.807) is 0 Å². The van der Waals surface area contributed by atoms with Gasteiger partial charge < -0.3 is 4.74 Å². The number of carbonyl (C=O) groups excluding carboxylic acids is 1. The maximum absolute atomic E-state index is 12.4. The van der Waals surface area contributed by atoms with Crippen LogP contribution in [0.5, 0.6) is 0 Å². The van der Waals surface area contributed by atoms with Crippen molar-refractivity contribution in [2.24, 2.45) is 0 Å². The molecule has 8 heteroatoms. The number of carbonyl (C=O) groups is 1. The summed E-state index contributed by atoms with van der Waals surface area (Å²) in [7, 11) is -1.09. The minimum absolute atomic E-state index is 0.0795. The fourth-order valence-electron chi connectivity index (χ4n) is 1.74. The lowest BCUT2D eigenvalue weighted by molar-refractivity contribution is 0.0594. The summed E-state index contributed by atoms with van der Waals surface area (Å²) >= 11 is 0. The fraction of sp³-hybridized carbons (Fsp3) is 0.231. The third-order valence-electron chi connectivity index (χ3n) is 2.89. The average Bonchev–Trinajstić information content (AvgIpc) is 2.98. The van der Waals surface area contributed by atoms with Crippen LogP contribution < -0.4 is 0 Å². The first-order chi connectivity index (χ1) is 9.95. The molecular formula is C13H15N3O4S. The molecule has 0 amide bonds. The van der Waals surface area contributed by atoms with E-state index in [1.807, 2.05) is 30.3 Å². The lowest BCUT2D eigenvalue weighted by Crippen LogP contribution is -2.26. The highest BCUT2D eigenvalue weighted by atomic mass is 32.2. The number of nitrogens with zero attached hydrogens (tertiary/aromatic N) is 2. The number of esters is 1. The van der Waals surface area contributed by atoms with E-state index in [-0.39, 0.29) is 17.3 Å². The molecule has 0 bridgehead atoms. The molecule has 1 heterocycles. The Labute approximate surface area is 122 Å². The van der Waals surface area contributed by atoms with E-state index in [9.17, 15) is 13.2 Å². The molecule has 0 aliphatic heterocycles. The Bertz CT molecular complexity index is 725. The summed E-state index contributed by atoms with van der Waals surface area (Å²) in [6.45, 7) is 0.218. The first kappa shape index (κ1) is 15.2. The largest absolute Gasteiger partial charge is 0.464 e. The van der Waals surface area contributed by atoms with Gasteiger partial charge in [-0.3, -0.25) is 5.10 Å². The second-order valence-electron chi connectivity index (χ2n) is 4.36. The second-order valence-corrected chi connectivity index (χ2v) is 6.37. The van der Waals surface area contributed by atoms with Crippen molar-refractivity contribution in [3.8, 4) is 0 Å². The predicted octanol–water partition coefficient (Wildman–Crippen LogP) is 1.02. The molecule has 2 rings (SSSR count). The van der Waals surface area contributed by atoms with Crippen molar-refractivity contribution in [2.75, 3.05) is 14.2 Å². The van der Waals surface area contributed by atoms with Gasteiger partial charge in [-0.15, -0.1) is 0 Å². The van der Waals surface area contributed by atoms with Gasteiger partial charge in [-0.1, -0.05) is 30.3 Å². The van der Waals surface area contributed by atoms with Crippen LogP contribution in [0.2, 0.25) is 0 Å². The molecular weight excluding hydrogens is 294 g/mol. The van der Waals surface area contributed by atoms with Gasteiger partial charge >= 0.3 is 5.97 Å². The van der Waals surface area contributed by atoms with Crippen molar-refractivity contribution in [1.82, 2.24) is 14.5 Å². The van der Waals surface area contributed by atoms with Crippen LogP contribution in [0, 0.1) is 0 Å². The molecule has 0 spiro atoms. The first-order valence-corrected chi connectivity index (χ1v) is 7.53. The molecule has 2 aromatic rings. The molecule has 1 N–H and O–H groups in total. The predicted molar refractivity (Wildman–Crippen MR) is 75.0 cm³/mol. The maximum Gasteiger partial charge on any atom is 0.358 e.